The van der Waals surface area contributed by atoms with Crippen LogP contribution < -0.4 is 5.32 Å². The molecule has 20 heavy (non-hydrogen) atoms. The van der Waals surface area contributed by atoms with E-state index in [9.17, 15) is 0 Å². The lowest BCUT2D eigenvalue weighted by Gasteiger charge is -2.07. The van der Waals surface area contributed by atoms with Crippen LogP contribution in [0.25, 0.3) is 0 Å². The summed E-state index contributed by atoms with van der Waals surface area (Å²) in [5.74, 6) is 0. The molecule has 110 valence electrons. The van der Waals surface area contributed by atoms with Crippen LogP contribution in [0.2, 0.25) is 0 Å². The fourth-order valence-electron chi connectivity index (χ4n) is 2.11. The lowest BCUT2D eigenvalue weighted by molar-refractivity contribution is 0.517. The van der Waals surface area contributed by atoms with Gasteiger partial charge in [-0.15, -0.1) is 5.10 Å². The van der Waals surface area contributed by atoms with Crippen LogP contribution in [-0.2, 0) is 26.1 Å². The Morgan fingerprint density at radius 3 is 2.85 bits per heavy atom. The fraction of sp³-hybridized carbons (Fsp3) is 0.615. The SMILES string of the molecule is CCc1nn(CC)c(CNCCCn2ccnn2)c1Br. The molecule has 2 aromatic rings. The van der Waals surface area contributed by atoms with Gasteiger partial charge in [-0.25, -0.2) is 0 Å². The highest BCUT2D eigenvalue weighted by Crippen LogP contribution is 2.22. The van der Waals surface area contributed by atoms with Crippen LogP contribution in [0.3, 0.4) is 0 Å². The van der Waals surface area contributed by atoms with Gasteiger partial charge in [0.2, 0.25) is 0 Å². The summed E-state index contributed by atoms with van der Waals surface area (Å²) in [6.07, 6.45) is 5.57. The molecule has 1 N–H and O–H groups in total. The van der Waals surface area contributed by atoms with E-state index >= 15 is 0 Å². The van der Waals surface area contributed by atoms with Gasteiger partial charge in [0.25, 0.3) is 0 Å². The number of halogens is 1. The van der Waals surface area contributed by atoms with Crippen LogP contribution in [0.5, 0.6) is 0 Å². The first kappa shape index (κ1) is 15.2. The summed E-state index contributed by atoms with van der Waals surface area (Å²) in [6, 6.07) is 0. The number of nitrogens with one attached hydrogen (secondary N) is 1. The third-order valence-electron chi connectivity index (χ3n) is 3.20. The average molecular weight is 341 g/mol. The van der Waals surface area contributed by atoms with E-state index in [1.807, 2.05) is 10.9 Å². The molecule has 0 amide bonds. The molecule has 0 fully saturated rings. The Balaban J connectivity index is 1.80. The molecule has 0 atom stereocenters. The summed E-state index contributed by atoms with van der Waals surface area (Å²) >= 11 is 3.66. The van der Waals surface area contributed by atoms with Gasteiger partial charge in [-0.2, -0.15) is 5.10 Å². The molecule has 0 saturated heterocycles. The van der Waals surface area contributed by atoms with Gasteiger partial charge in [0.05, 0.1) is 22.1 Å². The quantitative estimate of drug-likeness (QED) is 0.746. The minimum absolute atomic E-state index is 0.832. The Morgan fingerprint density at radius 2 is 2.20 bits per heavy atom. The minimum Gasteiger partial charge on any atom is -0.311 e. The second-order valence-electron chi connectivity index (χ2n) is 4.57. The van der Waals surface area contributed by atoms with Gasteiger partial charge in [-0.1, -0.05) is 12.1 Å². The summed E-state index contributed by atoms with van der Waals surface area (Å²) in [7, 11) is 0. The third-order valence-corrected chi connectivity index (χ3v) is 4.11. The van der Waals surface area contributed by atoms with Crippen molar-refractivity contribution in [3.8, 4) is 0 Å². The second kappa shape index (κ2) is 7.54. The third kappa shape index (κ3) is 3.67. The molecule has 7 heteroatoms. The van der Waals surface area contributed by atoms with Crippen LogP contribution in [0.4, 0.5) is 0 Å². The standard InChI is InChI=1S/C13H21BrN6/c1-3-11-13(14)12(20(4-2)17-11)10-15-6-5-8-19-9-7-16-18-19/h7,9,15H,3-6,8,10H2,1-2H3. The van der Waals surface area contributed by atoms with Crippen molar-refractivity contribution in [2.24, 2.45) is 0 Å². The number of rotatable bonds is 8. The minimum atomic E-state index is 0.832. The zero-order chi connectivity index (χ0) is 14.4. The number of aromatic nitrogens is 5. The van der Waals surface area contributed by atoms with Crippen LogP contribution in [-0.4, -0.2) is 31.3 Å². The normalized spacial score (nSPS) is 11.2. The van der Waals surface area contributed by atoms with Gasteiger partial charge in [-0.3, -0.25) is 9.36 Å². The van der Waals surface area contributed by atoms with Gasteiger partial charge in [-0.05, 0) is 42.2 Å². The fourth-order valence-corrected chi connectivity index (χ4v) is 2.82. The maximum atomic E-state index is 4.59. The molecule has 6 nitrogen and oxygen atoms in total. The van der Waals surface area contributed by atoms with Crippen molar-refractivity contribution in [1.29, 1.82) is 0 Å². The summed E-state index contributed by atoms with van der Waals surface area (Å²) in [6.45, 7) is 7.81. The van der Waals surface area contributed by atoms with Gasteiger partial charge >= 0.3 is 0 Å². The molecule has 0 bridgehead atoms. The lowest BCUT2D eigenvalue weighted by Crippen LogP contribution is -2.19. The second-order valence-corrected chi connectivity index (χ2v) is 5.37. The maximum absolute atomic E-state index is 4.59. The molecular formula is C13H21BrN6. The number of aryl methyl sites for hydroxylation is 3. The lowest BCUT2D eigenvalue weighted by atomic mass is 10.3. The van der Waals surface area contributed by atoms with E-state index in [2.05, 4.69) is 55.2 Å². The highest BCUT2D eigenvalue weighted by atomic mass is 79.9. The summed E-state index contributed by atoms with van der Waals surface area (Å²) in [4.78, 5) is 0. The Morgan fingerprint density at radius 1 is 1.35 bits per heavy atom. The molecular weight excluding hydrogens is 320 g/mol. The number of hydrogen-bond donors (Lipinski definition) is 1. The van der Waals surface area contributed by atoms with Gasteiger partial charge in [0.1, 0.15) is 0 Å². The van der Waals surface area contributed by atoms with E-state index in [0.29, 0.717) is 0 Å². The van der Waals surface area contributed by atoms with E-state index in [4.69, 9.17) is 0 Å². The van der Waals surface area contributed by atoms with Crippen molar-refractivity contribution in [2.45, 2.75) is 46.3 Å². The Kier molecular flexibility index (Phi) is 5.72. The Labute approximate surface area is 127 Å². The van der Waals surface area contributed by atoms with E-state index in [1.54, 1.807) is 6.20 Å². The van der Waals surface area contributed by atoms with E-state index in [-0.39, 0.29) is 0 Å². The van der Waals surface area contributed by atoms with Crippen LogP contribution in [0, 0.1) is 0 Å². The van der Waals surface area contributed by atoms with Crippen molar-refractivity contribution >= 4 is 15.9 Å². The highest BCUT2D eigenvalue weighted by molar-refractivity contribution is 9.10. The van der Waals surface area contributed by atoms with Crippen molar-refractivity contribution in [1.82, 2.24) is 30.1 Å². The van der Waals surface area contributed by atoms with Crippen molar-refractivity contribution in [3.63, 3.8) is 0 Å². The molecule has 0 aliphatic heterocycles. The molecule has 2 heterocycles. The van der Waals surface area contributed by atoms with E-state index < -0.39 is 0 Å². The first-order valence-corrected chi connectivity index (χ1v) is 7.84. The van der Waals surface area contributed by atoms with Crippen molar-refractivity contribution < 1.29 is 0 Å². The predicted molar refractivity (Wildman–Crippen MR) is 81.3 cm³/mol. The number of nitrogens with zero attached hydrogens (tertiary/aromatic N) is 5. The predicted octanol–water partition coefficient (Wildman–Crippen LogP) is 2.00. The molecule has 2 aromatic heterocycles. The van der Waals surface area contributed by atoms with E-state index in [0.717, 1.165) is 49.2 Å². The average Bonchev–Trinajstić information content (AvgIpc) is 3.07. The molecule has 0 aliphatic carbocycles. The van der Waals surface area contributed by atoms with Crippen LogP contribution in [0.15, 0.2) is 16.9 Å². The van der Waals surface area contributed by atoms with Gasteiger partial charge in [0.15, 0.2) is 0 Å². The Hall–Kier alpha value is -1.21. The first-order chi connectivity index (χ1) is 9.76. The molecule has 2 rings (SSSR count). The zero-order valence-electron chi connectivity index (χ0n) is 12.0. The molecule has 0 saturated carbocycles. The van der Waals surface area contributed by atoms with Crippen LogP contribution in [0.1, 0.15) is 31.7 Å². The summed E-state index contributed by atoms with van der Waals surface area (Å²) in [5.41, 5.74) is 2.36. The van der Waals surface area contributed by atoms with Crippen molar-refractivity contribution in [3.05, 3.63) is 28.3 Å². The summed E-state index contributed by atoms with van der Waals surface area (Å²) in [5, 5.41) is 15.8. The first-order valence-electron chi connectivity index (χ1n) is 7.05. The molecule has 0 radical (unpaired) electrons. The highest BCUT2D eigenvalue weighted by Gasteiger charge is 2.12. The van der Waals surface area contributed by atoms with E-state index in [1.165, 1.54) is 5.69 Å². The monoisotopic (exact) mass is 340 g/mol. The molecule has 0 spiro atoms. The smallest absolute Gasteiger partial charge is 0.0767 e. The number of hydrogen-bond acceptors (Lipinski definition) is 4. The van der Waals surface area contributed by atoms with Crippen LogP contribution >= 0.6 is 15.9 Å². The topological polar surface area (TPSA) is 60.6 Å². The van der Waals surface area contributed by atoms with Crippen molar-refractivity contribution in [2.75, 3.05) is 6.54 Å². The van der Waals surface area contributed by atoms with Gasteiger partial charge < -0.3 is 5.32 Å². The maximum Gasteiger partial charge on any atom is 0.0767 e. The molecule has 0 aromatic carbocycles. The molecule has 0 unspecified atom stereocenters. The molecule has 0 aliphatic rings. The Bertz CT molecular complexity index is 519. The largest absolute Gasteiger partial charge is 0.311 e. The zero-order valence-corrected chi connectivity index (χ0v) is 13.6. The van der Waals surface area contributed by atoms with Gasteiger partial charge in [0, 0.05) is 25.8 Å². The summed E-state index contributed by atoms with van der Waals surface area (Å²) < 4.78 is 5.06.